The molecule has 0 aliphatic rings. The van der Waals surface area contributed by atoms with Gasteiger partial charge in [-0.05, 0) is 18.2 Å². The average Bonchev–Trinajstić information content (AvgIpc) is 2.28. The van der Waals surface area contributed by atoms with Gasteiger partial charge in [0.1, 0.15) is 11.0 Å². The van der Waals surface area contributed by atoms with E-state index < -0.39 is 0 Å². The van der Waals surface area contributed by atoms with Gasteiger partial charge in [0.05, 0.1) is 5.75 Å². The molecule has 2 nitrogen and oxygen atoms in total. The predicted molar refractivity (Wildman–Crippen MR) is 63.0 cm³/mol. The van der Waals surface area contributed by atoms with E-state index in [0.717, 1.165) is 11.6 Å². The number of aromatic nitrogens is 2. The minimum Gasteiger partial charge on any atom is -0.240 e. The van der Waals surface area contributed by atoms with Crippen LogP contribution in [-0.4, -0.2) is 9.97 Å². The third-order valence-corrected chi connectivity index (χ3v) is 3.00. The first-order valence-electron chi connectivity index (χ1n) is 4.50. The Balaban J connectivity index is 1.99. The molecule has 1 heterocycles. The fourth-order valence-electron chi connectivity index (χ4n) is 1.11. The number of hydrogen-bond donors (Lipinski definition) is 0. The Bertz CT molecular complexity index is 434. The summed E-state index contributed by atoms with van der Waals surface area (Å²) in [6.07, 6.45) is 1.68. The van der Waals surface area contributed by atoms with Crippen LogP contribution in [0.2, 0.25) is 5.15 Å². The van der Waals surface area contributed by atoms with E-state index in [-0.39, 0.29) is 0 Å². The van der Waals surface area contributed by atoms with Gasteiger partial charge >= 0.3 is 0 Å². The molecule has 15 heavy (non-hydrogen) atoms. The van der Waals surface area contributed by atoms with Gasteiger partial charge in [-0.3, -0.25) is 0 Å². The van der Waals surface area contributed by atoms with Crippen molar-refractivity contribution in [2.45, 2.75) is 10.6 Å². The Kier molecular flexibility index (Phi) is 3.59. The number of rotatable bonds is 3. The number of thioether (sulfide) groups is 1. The van der Waals surface area contributed by atoms with E-state index in [0.29, 0.717) is 5.15 Å². The van der Waals surface area contributed by atoms with Crippen LogP contribution < -0.4 is 0 Å². The van der Waals surface area contributed by atoms with Gasteiger partial charge in [-0.1, -0.05) is 29.8 Å². The van der Waals surface area contributed by atoms with Gasteiger partial charge in [0.2, 0.25) is 0 Å². The Morgan fingerprint density at radius 2 is 1.93 bits per heavy atom. The monoisotopic (exact) mass is 236 g/mol. The highest BCUT2D eigenvalue weighted by Gasteiger charge is 1.98. The van der Waals surface area contributed by atoms with Crippen molar-refractivity contribution in [3.05, 3.63) is 53.6 Å². The van der Waals surface area contributed by atoms with Crippen LogP contribution in [0.5, 0.6) is 0 Å². The Morgan fingerprint density at radius 3 is 2.67 bits per heavy atom. The van der Waals surface area contributed by atoms with E-state index in [1.165, 1.54) is 4.90 Å². The fraction of sp³-hybridized carbons (Fsp3) is 0.0909. The molecule has 1 aromatic carbocycles. The Hall–Kier alpha value is -1.06. The molecule has 0 radical (unpaired) electrons. The smallest absolute Gasteiger partial charge is 0.140 e. The average molecular weight is 237 g/mol. The van der Waals surface area contributed by atoms with Crippen molar-refractivity contribution in [3.63, 3.8) is 0 Å². The van der Waals surface area contributed by atoms with Crippen LogP contribution in [0.15, 0.2) is 47.5 Å². The van der Waals surface area contributed by atoms with Gasteiger partial charge in [-0.15, -0.1) is 11.8 Å². The second-order valence-electron chi connectivity index (χ2n) is 2.90. The van der Waals surface area contributed by atoms with Gasteiger partial charge in [-0.2, -0.15) is 0 Å². The maximum Gasteiger partial charge on any atom is 0.140 e. The van der Waals surface area contributed by atoms with E-state index in [9.17, 15) is 0 Å². The molecule has 0 bridgehead atoms. The molecule has 0 aliphatic heterocycles. The summed E-state index contributed by atoms with van der Waals surface area (Å²) in [7, 11) is 0. The lowest BCUT2D eigenvalue weighted by molar-refractivity contribution is 1.03. The molecule has 0 saturated carbocycles. The van der Waals surface area contributed by atoms with Crippen molar-refractivity contribution in [3.8, 4) is 0 Å². The SMILES string of the molecule is Clc1ccnc(CSc2ccccc2)n1. The molecule has 76 valence electrons. The molecule has 0 fully saturated rings. The van der Waals surface area contributed by atoms with Crippen molar-refractivity contribution >= 4 is 23.4 Å². The highest BCUT2D eigenvalue weighted by atomic mass is 35.5. The lowest BCUT2D eigenvalue weighted by Crippen LogP contribution is -1.91. The number of halogens is 1. The summed E-state index contributed by atoms with van der Waals surface area (Å²) in [5.74, 6) is 1.50. The molecule has 0 aliphatic carbocycles. The summed E-state index contributed by atoms with van der Waals surface area (Å²) < 4.78 is 0. The topological polar surface area (TPSA) is 25.8 Å². The highest BCUT2D eigenvalue weighted by Crippen LogP contribution is 2.20. The first kappa shape index (κ1) is 10.5. The summed E-state index contributed by atoms with van der Waals surface area (Å²) in [6.45, 7) is 0. The molecule has 0 amide bonds. The summed E-state index contributed by atoms with van der Waals surface area (Å²) in [5, 5.41) is 0.494. The first-order valence-corrected chi connectivity index (χ1v) is 5.86. The normalized spacial score (nSPS) is 10.2. The lowest BCUT2D eigenvalue weighted by Gasteiger charge is -2.00. The summed E-state index contributed by atoms with van der Waals surface area (Å²) in [5.41, 5.74) is 0. The van der Waals surface area contributed by atoms with Crippen LogP contribution in [0.4, 0.5) is 0 Å². The summed E-state index contributed by atoms with van der Waals surface area (Å²) in [4.78, 5) is 9.47. The molecule has 2 aromatic rings. The summed E-state index contributed by atoms with van der Waals surface area (Å²) >= 11 is 7.46. The standard InChI is InChI=1S/C11H9ClN2S/c12-10-6-7-13-11(14-10)8-15-9-4-2-1-3-5-9/h1-7H,8H2. The molecule has 1 aromatic heterocycles. The number of hydrogen-bond acceptors (Lipinski definition) is 3. The van der Waals surface area contributed by atoms with Gasteiger partial charge < -0.3 is 0 Å². The van der Waals surface area contributed by atoms with Gasteiger partial charge in [-0.25, -0.2) is 9.97 Å². The number of benzene rings is 1. The molecule has 2 rings (SSSR count). The molecule has 4 heteroatoms. The van der Waals surface area contributed by atoms with Crippen molar-refractivity contribution in [2.75, 3.05) is 0 Å². The highest BCUT2D eigenvalue weighted by molar-refractivity contribution is 7.98. The minimum absolute atomic E-state index is 0.494. The predicted octanol–water partition coefficient (Wildman–Crippen LogP) is 3.42. The van der Waals surface area contributed by atoms with Crippen LogP contribution in [0.25, 0.3) is 0 Å². The van der Waals surface area contributed by atoms with Crippen molar-refractivity contribution in [2.24, 2.45) is 0 Å². The van der Waals surface area contributed by atoms with E-state index in [4.69, 9.17) is 11.6 Å². The van der Waals surface area contributed by atoms with E-state index >= 15 is 0 Å². The van der Waals surface area contributed by atoms with Crippen molar-refractivity contribution in [1.29, 1.82) is 0 Å². The fourth-order valence-corrected chi connectivity index (χ4v) is 2.05. The largest absolute Gasteiger partial charge is 0.240 e. The Labute approximate surface area is 97.7 Å². The maximum atomic E-state index is 5.77. The first-order chi connectivity index (χ1) is 7.34. The zero-order chi connectivity index (χ0) is 10.5. The molecule has 0 N–H and O–H groups in total. The number of nitrogens with zero attached hydrogens (tertiary/aromatic N) is 2. The zero-order valence-corrected chi connectivity index (χ0v) is 9.50. The van der Waals surface area contributed by atoms with Gasteiger partial charge in [0, 0.05) is 11.1 Å². The lowest BCUT2D eigenvalue weighted by atomic mass is 10.4. The third kappa shape index (κ3) is 3.22. The van der Waals surface area contributed by atoms with Crippen molar-refractivity contribution < 1.29 is 0 Å². The molecule has 0 atom stereocenters. The van der Waals surface area contributed by atoms with Crippen LogP contribution in [0, 0.1) is 0 Å². The summed E-state index contributed by atoms with van der Waals surface area (Å²) in [6, 6.07) is 11.8. The molecule has 0 spiro atoms. The quantitative estimate of drug-likeness (QED) is 0.603. The molecule has 0 unspecified atom stereocenters. The Morgan fingerprint density at radius 1 is 1.13 bits per heavy atom. The minimum atomic E-state index is 0.494. The van der Waals surface area contributed by atoms with Crippen LogP contribution in [0.3, 0.4) is 0 Å². The molecular weight excluding hydrogens is 228 g/mol. The van der Waals surface area contributed by atoms with Crippen LogP contribution in [0.1, 0.15) is 5.82 Å². The van der Waals surface area contributed by atoms with Crippen molar-refractivity contribution in [1.82, 2.24) is 9.97 Å². The third-order valence-electron chi connectivity index (χ3n) is 1.78. The maximum absolute atomic E-state index is 5.77. The second kappa shape index (κ2) is 5.14. The second-order valence-corrected chi connectivity index (χ2v) is 4.33. The molecule has 0 saturated heterocycles. The van der Waals surface area contributed by atoms with E-state index in [1.54, 1.807) is 24.0 Å². The van der Waals surface area contributed by atoms with Gasteiger partial charge in [0.25, 0.3) is 0 Å². The van der Waals surface area contributed by atoms with Crippen LogP contribution >= 0.6 is 23.4 Å². The van der Waals surface area contributed by atoms with Crippen LogP contribution in [-0.2, 0) is 5.75 Å². The van der Waals surface area contributed by atoms with E-state index in [1.807, 2.05) is 18.2 Å². The zero-order valence-electron chi connectivity index (χ0n) is 7.93. The molecular formula is C11H9ClN2S. The van der Waals surface area contributed by atoms with Gasteiger partial charge in [0.15, 0.2) is 0 Å². The van der Waals surface area contributed by atoms with E-state index in [2.05, 4.69) is 22.1 Å².